The quantitative estimate of drug-likeness (QED) is 0.408. The number of aryl methyl sites for hydroxylation is 1. The van der Waals surface area contributed by atoms with E-state index in [9.17, 15) is 4.79 Å². The summed E-state index contributed by atoms with van der Waals surface area (Å²) in [5, 5.41) is 13.5. The van der Waals surface area contributed by atoms with Gasteiger partial charge in [0, 0.05) is 12.0 Å². The van der Waals surface area contributed by atoms with Crippen LogP contribution in [-0.2, 0) is 11.2 Å². The molecule has 0 saturated heterocycles. The van der Waals surface area contributed by atoms with Gasteiger partial charge < -0.3 is 14.6 Å². The van der Waals surface area contributed by atoms with Crippen molar-refractivity contribution in [1.82, 2.24) is 0 Å². The Bertz CT molecular complexity index is 1150. The molecule has 4 aromatic carbocycles. The number of fused-ring (bicyclic) bond motifs is 2. The molecular formula is C25H22O4. The van der Waals surface area contributed by atoms with Gasteiger partial charge in [-0.15, -0.1) is 0 Å². The highest BCUT2D eigenvalue weighted by molar-refractivity contribution is 5.88. The first-order valence-corrected chi connectivity index (χ1v) is 9.67. The number of carboxylic acid groups (broad SMARTS) is 1. The highest BCUT2D eigenvalue weighted by Gasteiger charge is 2.11. The van der Waals surface area contributed by atoms with Crippen LogP contribution >= 0.6 is 0 Å². The van der Waals surface area contributed by atoms with Crippen molar-refractivity contribution < 1.29 is 19.4 Å². The highest BCUT2D eigenvalue weighted by Crippen LogP contribution is 2.29. The molecule has 146 valence electrons. The van der Waals surface area contributed by atoms with E-state index in [0.29, 0.717) is 25.4 Å². The molecule has 0 amide bonds. The Hall–Kier alpha value is -3.53. The average Bonchev–Trinajstić information content (AvgIpc) is 2.75. The van der Waals surface area contributed by atoms with Crippen molar-refractivity contribution in [3.63, 3.8) is 0 Å². The fraction of sp³-hybridized carbons (Fsp3) is 0.160. The van der Waals surface area contributed by atoms with E-state index < -0.39 is 5.97 Å². The molecule has 0 aliphatic heterocycles. The topological polar surface area (TPSA) is 55.8 Å². The van der Waals surface area contributed by atoms with Crippen molar-refractivity contribution in [3.05, 3.63) is 84.4 Å². The van der Waals surface area contributed by atoms with Crippen molar-refractivity contribution in [2.75, 3.05) is 13.2 Å². The van der Waals surface area contributed by atoms with Crippen LogP contribution in [-0.4, -0.2) is 24.3 Å². The summed E-state index contributed by atoms with van der Waals surface area (Å²) in [6, 6.07) is 26.0. The largest absolute Gasteiger partial charge is 0.490 e. The van der Waals surface area contributed by atoms with Gasteiger partial charge in [-0.2, -0.15) is 0 Å². The van der Waals surface area contributed by atoms with Gasteiger partial charge in [-0.3, -0.25) is 4.79 Å². The van der Waals surface area contributed by atoms with Crippen LogP contribution in [0.15, 0.2) is 78.9 Å². The van der Waals surface area contributed by atoms with E-state index in [1.807, 2.05) is 66.7 Å². The summed E-state index contributed by atoms with van der Waals surface area (Å²) < 4.78 is 11.8. The molecule has 0 spiro atoms. The number of hydrogen-bond donors (Lipinski definition) is 1. The zero-order valence-corrected chi connectivity index (χ0v) is 16.0. The van der Waals surface area contributed by atoms with E-state index >= 15 is 0 Å². The molecule has 0 aliphatic rings. The van der Waals surface area contributed by atoms with Gasteiger partial charge in [0.15, 0.2) is 0 Å². The van der Waals surface area contributed by atoms with Crippen LogP contribution in [0.2, 0.25) is 0 Å². The molecule has 4 nitrogen and oxygen atoms in total. The highest BCUT2D eigenvalue weighted by atomic mass is 16.5. The standard InChI is InChI=1S/C25H22O4/c26-25(27)14-12-23-22-8-4-3-6-19(22)10-13-24(23)29-16-15-28-21-11-9-18-5-1-2-7-20(18)17-21/h1-11,13,17H,12,14-16H2,(H,26,27). The van der Waals surface area contributed by atoms with Crippen LogP contribution in [0, 0.1) is 0 Å². The molecule has 0 bridgehead atoms. The second-order valence-electron chi connectivity index (χ2n) is 6.86. The van der Waals surface area contributed by atoms with E-state index in [1.54, 1.807) is 0 Å². The molecule has 4 heteroatoms. The molecule has 0 radical (unpaired) electrons. The lowest BCUT2D eigenvalue weighted by Gasteiger charge is -2.14. The van der Waals surface area contributed by atoms with E-state index in [-0.39, 0.29) is 6.42 Å². The van der Waals surface area contributed by atoms with Crippen molar-refractivity contribution in [2.24, 2.45) is 0 Å². The molecule has 0 aromatic heterocycles. The third kappa shape index (κ3) is 4.49. The molecule has 1 N–H and O–H groups in total. The van der Waals surface area contributed by atoms with Crippen molar-refractivity contribution in [3.8, 4) is 11.5 Å². The first-order valence-electron chi connectivity index (χ1n) is 9.67. The Kier molecular flexibility index (Phi) is 5.61. The minimum Gasteiger partial charge on any atom is -0.490 e. The number of carboxylic acids is 1. The van der Waals surface area contributed by atoms with Crippen LogP contribution in [0.4, 0.5) is 0 Å². The molecule has 4 rings (SSSR count). The van der Waals surface area contributed by atoms with Crippen LogP contribution in [0.25, 0.3) is 21.5 Å². The van der Waals surface area contributed by atoms with E-state index in [4.69, 9.17) is 14.6 Å². The smallest absolute Gasteiger partial charge is 0.303 e. The summed E-state index contributed by atoms with van der Waals surface area (Å²) in [5.41, 5.74) is 0.927. The second kappa shape index (κ2) is 8.65. The normalized spacial score (nSPS) is 10.9. The van der Waals surface area contributed by atoms with Gasteiger partial charge in [-0.05, 0) is 46.2 Å². The Morgan fingerprint density at radius 2 is 1.45 bits per heavy atom. The maximum atomic E-state index is 11.1. The Morgan fingerprint density at radius 3 is 2.28 bits per heavy atom. The maximum absolute atomic E-state index is 11.1. The summed E-state index contributed by atoms with van der Waals surface area (Å²) in [6.45, 7) is 0.786. The molecule has 29 heavy (non-hydrogen) atoms. The van der Waals surface area contributed by atoms with E-state index in [0.717, 1.165) is 27.5 Å². The van der Waals surface area contributed by atoms with Gasteiger partial charge in [0.2, 0.25) is 0 Å². The van der Waals surface area contributed by atoms with Gasteiger partial charge in [0.1, 0.15) is 24.7 Å². The lowest BCUT2D eigenvalue weighted by Crippen LogP contribution is -2.10. The molecule has 4 aromatic rings. The fourth-order valence-corrected chi connectivity index (χ4v) is 3.51. The summed E-state index contributed by atoms with van der Waals surface area (Å²) in [4.78, 5) is 11.1. The van der Waals surface area contributed by atoms with Gasteiger partial charge in [0.05, 0.1) is 0 Å². The Morgan fingerprint density at radius 1 is 0.759 bits per heavy atom. The second-order valence-corrected chi connectivity index (χ2v) is 6.86. The minimum absolute atomic E-state index is 0.0674. The van der Waals surface area contributed by atoms with Gasteiger partial charge in [-0.1, -0.05) is 60.7 Å². The predicted octanol–water partition coefficient (Wildman–Crippen LogP) is 5.47. The predicted molar refractivity (Wildman–Crippen MR) is 115 cm³/mol. The zero-order valence-electron chi connectivity index (χ0n) is 16.0. The Balaban J connectivity index is 1.44. The number of aliphatic carboxylic acids is 1. The van der Waals surface area contributed by atoms with Crippen LogP contribution in [0.1, 0.15) is 12.0 Å². The van der Waals surface area contributed by atoms with Crippen molar-refractivity contribution in [1.29, 1.82) is 0 Å². The molecular weight excluding hydrogens is 364 g/mol. The third-order valence-electron chi connectivity index (χ3n) is 4.92. The molecule has 0 fully saturated rings. The lowest BCUT2D eigenvalue weighted by molar-refractivity contribution is -0.136. The summed E-state index contributed by atoms with van der Waals surface area (Å²) >= 11 is 0. The number of hydrogen-bond acceptors (Lipinski definition) is 3. The van der Waals surface area contributed by atoms with Crippen LogP contribution in [0.5, 0.6) is 11.5 Å². The van der Waals surface area contributed by atoms with Crippen LogP contribution < -0.4 is 9.47 Å². The van der Waals surface area contributed by atoms with Gasteiger partial charge >= 0.3 is 5.97 Å². The monoisotopic (exact) mass is 386 g/mol. The first kappa shape index (κ1) is 18.8. The SMILES string of the molecule is O=C(O)CCc1c(OCCOc2ccc3ccccc3c2)ccc2ccccc12. The number of ether oxygens (including phenoxy) is 2. The minimum atomic E-state index is -0.816. The fourth-order valence-electron chi connectivity index (χ4n) is 3.51. The van der Waals surface area contributed by atoms with Gasteiger partial charge in [-0.25, -0.2) is 0 Å². The molecule has 0 unspecified atom stereocenters. The van der Waals surface area contributed by atoms with Crippen molar-refractivity contribution in [2.45, 2.75) is 12.8 Å². The third-order valence-corrected chi connectivity index (χ3v) is 4.92. The van der Waals surface area contributed by atoms with E-state index in [1.165, 1.54) is 5.39 Å². The van der Waals surface area contributed by atoms with Gasteiger partial charge in [0.25, 0.3) is 0 Å². The lowest BCUT2D eigenvalue weighted by atomic mass is 10.00. The molecule has 0 heterocycles. The maximum Gasteiger partial charge on any atom is 0.303 e. The Labute approximate surface area is 169 Å². The first-order chi connectivity index (χ1) is 14.2. The molecule has 0 saturated carbocycles. The molecule has 0 atom stereocenters. The summed E-state index contributed by atoms with van der Waals surface area (Å²) in [7, 11) is 0. The van der Waals surface area contributed by atoms with E-state index in [2.05, 4.69) is 12.1 Å². The zero-order chi connectivity index (χ0) is 20.1. The number of carbonyl (C=O) groups is 1. The number of benzene rings is 4. The number of rotatable bonds is 8. The van der Waals surface area contributed by atoms with Crippen LogP contribution in [0.3, 0.4) is 0 Å². The average molecular weight is 386 g/mol. The summed E-state index contributed by atoms with van der Waals surface area (Å²) in [6.07, 6.45) is 0.496. The molecule has 0 aliphatic carbocycles. The summed E-state index contributed by atoms with van der Waals surface area (Å²) in [5.74, 6) is 0.701. The van der Waals surface area contributed by atoms with Crippen molar-refractivity contribution >= 4 is 27.5 Å².